The van der Waals surface area contributed by atoms with Crippen LogP contribution in [0.4, 0.5) is 10.7 Å². The number of hydrogen-bond donors (Lipinski definition) is 3. The lowest BCUT2D eigenvalue weighted by Crippen LogP contribution is -2.18. The minimum atomic E-state index is -0.639. The topological polar surface area (TPSA) is 107 Å². The number of nitrogen functional groups attached to an aromatic ring is 1. The Bertz CT molecular complexity index is 523. The summed E-state index contributed by atoms with van der Waals surface area (Å²) in [6.07, 6.45) is 2.34. The first kappa shape index (κ1) is 13.7. The van der Waals surface area contributed by atoms with Gasteiger partial charge in [0.2, 0.25) is 0 Å². The van der Waals surface area contributed by atoms with Crippen molar-refractivity contribution in [3.8, 4) is 0 Å². The Morgan fingerprint density at radius 1 is 1.47 bits per heavy atom. The minimum Gasteiger partial charge on any atom is -0.465 e. The number of thiophene rings is 1. The summed E-state index contributed by atoms with van der Waals surface area (Å²) in [6.45, 7) is 2.04. The number of rotatable bonds is 5. The molecule has 1 heterocycles. The van der Waals surface area contributed by atoms with Crippen LogP contribution >= 0.6 is 11.3 Å². The van der Waals surface area contributed by atoms with Gasteiger partial charge >= 0.3 is 5.97 Å². The fraction of sp³-hybridized carbons (Fsp3) is 0.500. The van der Waals surface area contributed by atoms with E-state index in [1.54, 1.807) is 0 Å². The molecule has 1 aromatic heterocycles. The molecule has 1 aromatic rings. The van der Waals surface area contributed by atoms with Crippen LogP contribution in [0.25, 0.3) is 0 Å². The summed E-state index contributed by atoms with van der Waals surface area (Å²) in [5, 5.41) is 3.79. The molecule has 104 valence electrons. The highest BCUT2D eigenvalue weighted by molar-refractivity contribution is 7.19. The number of ether oxygens (including phenoxy) is 1. The van der Waals surface area contributed by atoms with Gasteiger partial charge in [-0.2, -0.15) is 0 Å². The summed E-state index contributed by atoms with van der Waals surface area (Å²) < 4.78 is 4.70. The van der Waals surface area contributed by atoms with Crippen LogP contribution in [-0.2, 0) is 4.74 Å². The molecule has 1 fully saturated rings. The van der Waals surface area contributed by atoms with Gasteiger partial charge in [-0.25, -0.2) is 4.79 Å². The normalized spacial score (nSPS) is 15.9. The van der Waals surface area contributed by atoms with Crippen molar-refractivity contribution in [1.82, 2.24) is 0 Å². The van der Waals surface area contributed by atoms with Crippen molar-refractivity contribution in [2.75, 3.05) is 18.2 Å². The molecule has 0 radical (unpaired) electrons. The Hall–Kier alpha value is -1.76. The van der Waals surface area contributed by atoms with Gasteiger partial charge in [-0.3, -0.25) is 4.79 Å². The number of carbonyl (C=O) groups excluding carboxylic acids is 2. The predicted molar refractivity (Wildman–Crippen MR) is 74.4 cm³/mol. The standard InChI is InChI=1S/C12H17N3O3S/c1-5(6-3-4-6)15-11-7(12(17)18-2)8(13)9(19-11)10(14)16/h5-6,15H,3-4,13H2,1-2H3,(H2,14,16). The summed E-state index contributed by atoms with van der Waals surface area (Å²) in [4.78, 5) is 23.3. The number of amides is 1. The van der Waals surface area contributed by atoms with E-state index in [1.165, 1.54) is 20.0 Å². The van der Waals surface area contributed by atoms with Crippen LogP contribution in [0.1, 0.15) is 39.8 Å². The number of hydrogen-bond acceptors (Lipinski definition) is 6. The van der Waals surface area contributed by atoms with Crippen LogP contribution in [0.5, 0.6) is 0 Å². The monoisotopic (exact) mass is 283 g/mol. The molecular formula is C12H17N3O3S. The molecule has 0 aromatic carbocycles. The fourth-order valence-corrected chi connectivity index (χ4v) is 3.01. The number of methoxy groups -OCH3 is 1. The Morgan fingerprint density at radius 2 is 2.11 bits per heavy atom. The smallest absolute Gasteiger partial charge is 0.343 e. The van der Waals surface area contributed by atoms with Crippen molar-refractivity contribution in [2.45, 2.75) is 25.8 Å². The van der Waals surface area contributed by atoms with Gasteiger partial charge in [0, 0.05) is 6.04 Å². The zero-order valence-corrected chi connectivity index (χ0v) is 11.7. The molecule has 0 saturated heterocycles. The SMILES string of the molecule is COC(=O)c1c(NC(C)C2CC2)sc(C(N)=O)c1N. The molecule has 0 aliphatic heterocycles. The van der Waals surface area contributed by atoms with E-state index >= 15 is 0 Å². The van der Waals surface area contributed by atoms with Crippen molar-refractivity contribution in [2.24, 2.45) is 11.7 Å². The Balaban J connectivity index is 2.36. The van der Waals surface area contributed by atoms with E-state index in [4.69, 9.17) is 16.2 Å². The Morgan fingerprint density at radius 3 is 2.58 bits per heavy atom. The van der Waals surface area contributed by atoms with Gasteiger partial charge in [-0.15, -0.1) is 11.3 Å². The van der Waals surface area contributed by atoms with Gasteiger partial charge < -0.3 is 21.5 Å². The van der Waals surface area contributed by atoms with Gasteiger partial charge in [0.15, 0.2) is 0 Å². The molecule has 19 heavy (non-hydrogen) atoms. The third-order valence-electron chi connectivity index (χ3n) is 3.25. The second-order valence-electron chi connectivity index (χ2n) is 4.68. The third kappa shape index (κ3) is 2.65. The summed E-state index contributed by atoms with van der Waals surface area (Å²) in [7, 11) is 1.28. The molecule has 7 heteroatoms. The lowest BCUT2D eigenvalue weighted by molar-refractivity contribution is 0.0603. The van der Waals surface area contributed by atoms with Crippen LogP contribution < -0.4 is 16.8 Å². The van der Waals surface area contributed by atoms with E-state index in [2.05, 4.69) is 5.32 Å². The van der Waals surface area contributed by atoms with E-state index in [-0.39, 0.29) is 22.2 Å². The van der Waals surface area contributed by atoms with Gasteiger partial charge in [-0.05, 0) is 25.7 Å². The molecule has 0 spiro atoms. The summed E-state index contributed by atoms with van der Waals surface area (Å²) in [5.74, 6) is -0.600. The molecule has 1 amide bonds. The van der Waals surface area contributed by atoms with E-state index in [0.717, 1.165) is 11.3 Å². The van der Waals surface area contributed by atoms with Crippen LogP contribution in [-0.4, -0.2) is 25.0 Å². The van der Waals surface area contributed by atoms with Crippen LogP contribution in [0.15, 0.2) is 0 Å². The number of nitrogens with two attached hydrogens (primary N) is 2. The van der Waals surface area contributed by atoms with E-state index in [0.29, 0.717) is 10.9 Å². The molecule has 2 rings (SSSR count). The Kier molecular flexibility index (Phi) is 3.66. The van der Waals surface area contributed by atoms with Gasteiger partial charge in [0.1, 0.15) is 15.4 Å². The molecule has 0 bridgehead atoms. The second kappa shape index (κ2) is 5.08. The molecule has 1 unspecified atom stereocenters. The number of esters is 1. The van der Waals surface area contributed by atoms with Crippen LogP contribution in [0, 0.1) is 5.92 Å². The van der Waals surface area contributed by atoms with Crippen LogP contribution in [0.2, 0.25) is 0 Å². The quantitative estimate of drug-likeness (QED) is 0.708. The highest BCUT2D eigenvalue weighted by Crippen LogP contribution is 2.39. The van der Waals surface area contributed by atoms with Crippen molar-refractivity contribution in [3.63, 3.8) is 0 Å². The van der Waals surface area contributed by atoms with Crippen molar-refractivity contribution >= 4 is 33.9 Å². The highest BCUT2D eigenvalue weighted by Gasteiger charge is 2.31. The molecule has 1 saturated carbocycles. The maximum Gasteiger partial charge on any atom is 0.343 e. The first-order valence-corrected chi connectivity index (χ1v) is 6.84. The van der Waals surface area contributed by atoms with Crippen LogP contribution in [0.3, 0.4) is 0 Å². The molecular weight excluding hydrogens is 266 g/mol. The summed E-state index contributed by atoms with van der Waals surface area (Å²) in [6, 6.07) is 0.224. The first-order valence-electron chi connectivity index (χ1n) is 6.02. The van der Waals surface area contributed by atoms with E-state index < -0.39 is 11.9 Å². The highest BCUT2D eigenvalue weighted by atomic mass is 32.1. The zero-order valence-electron chi connectivity index (χ0n) is 10.9. The molecule has 6 nitrogen and oxygen atoms in total. The number of anilines is 2. The van der Waals surface area contributed by atoms with Gasteiger partial charge in [0.05, 0.1) is 12.8 Å². The maximum absolute atomic E-state index is 11.8. The van der Waals surface area contributed by atoms with E-state index in [1.807, 2.05) is 6.92 Å². The van der Waals surface area contributed by atoms with E-state index in [9.17, 15) is 9.59 Å². The van der Waals surface area contributed by atoms with Gasteiger partial charge in [0.25, 0.3) is 5.91 Å². The first-order chi connectivity index (χ1) is 8.95. The number of nitrogens with one attached hydrogen (secondary N) is 1. The third-order valence-corrected chi connectivity index (χ3v) is 4.40. The zero-order chi connectivity index (χ0) is 14.2. The Labute approximate surface area is 115 Å². The van der Waals surface area contributed by atoms with Crippen molar-refractivity contribution < 1.29 is 14.3 Å². The lowest BCUT2D eigenvalue weighted by atomic mass is 10.2. The predicted octanol–water partition coefficient (Wildman–Crippen LogP) is 1.43. The summed E-state index contributed by atoms with van der Waals surface area (Å²) in [5.41, 5.74) is 11.4. The number of carbonyl (C=O) groups is 2. The molecule has 1 aliphatic rings. The lowest BCUT2D eigenvalue weighted by Gasteiger charge is -2.13. The minimum absolute atomic E-state index is 0.0925. The average Bonchev–Trinajstić information content (AvgIpc) is 3.14. The van der Waals surface area contributed by atoms with Gasteiger partial charge in [-0.1, -0.05) is 0 Å². The second-order valence-corrected chi connectivity index (χ2v) is 5.70. The molecule has 5 N–H and O–H groups in total. The van der Waals surface area contributed by atoms with Crippen molar-refractivity contribution in [1.29, 1.82) is 0 Å². The van der Waals surface area contributed by atoms with Crippen molar-refractivity contribution in [3.05, 3.63) is 10.4 Å². The maximum atomic E-state index is 11.8. The fourth-order valence-electron chi connectivity index (χ4n) is 1.95. The number of primary amides is 1. The largest absolute Gasteiger partial charge is 0.465 e. The molecule has 1 aliphatic carbocycles. The average molecular weight is 283 g/mol. The summed E-state index contributed by atoms with van der Waals surface area (Å²) >= 11 is 1.10. The molecule has 1 atom stereocenters.